The molecule has 3 aromatic rings. The molecule has 0 aliphatic rings. The summed E-state index contributed by atoms with van der Waals surface area (Å²) in [7, 11) is 0. The number of amides is 1. The second-order valence-corrected chi connectivity index (χ2v) is 8.81. The normalized spacial score (nSPS) is 11.2. The molecule has 3 rings (SSSR count). The van der Waals surface area contributed by atoms with E-state index in [1.165, 1.54) is 30.3 Å². The van der Waals surface area contributed by atoms with Crippen LogP contribution in [0.25, 0.3) is 0 Å². The smallest absolute Gasteiger partial charge is 0.487 e. The first-order chi connectivity index (χ1) is 16.8. The zero-order valence-corrected chi connectivity index (χ0v) is 21.1. The van der Waals surface area contributed by atoms with Gasteiger partial charge in [0.05, 0.1) is 36.2 Å². The molecular formula is C22H11Cl5F3NO5. The van der Waals surface area contributed by atoms with Gasteiger partial charge in [-0.15, -0.1) is 13.2 Å². The minimum absolute atomic E-state index is 0.0345. The number of aromatic carboxylic acids is 1. The number of benzene rings is 3. The quantitative estimate of drug-likeness (QED) is 0.209. The molecule has 0 saturated carbocycles. The zero-order valence-electron chi connectivity index (χ0n) is 17.4. The van der Waals surface area contributed by atoms with Crippen molar-refractivity contribution in [2.75, 3.05) is 5.32 Å². The van der Waals surface area contributed by atoms with Gasteiger partial charge in [-0.1, -0.05) is 70.1 Å². The Hall–Kier alpha value is -2.56. The van der Waals surface area contributed by atoms with Crippen molar-refractivity contribution in [3.63, 3.8) is 0 Å². The molecule has 1 amide bonds. The summed E-state index contributed by atoms with van der Waals surface area (Å²) in [6.07, 6.45) is -4.83. The molecule has 3 aromatic carbocycles. The number of carbonyl (C=O) groups is 2. The first kappa shape index (κ1) is 28.0. The minimum Gasteiger partial charge on any atom is -0.487 e. The molecule has 6 nitrogen and oxygen atoms in total. The molecular weight excluding hydrogens is 593 g/mol. The van der Waals surface area contributed by atoms with Crippen LogP contribution in [0.4, 0.5) is 18.9 Å². The van der Waals surface area contributed by atoms with Crippen molar-refractivity contribution in [1.82, 2.24) is 0 Å². The van der Waals surface area contributed by atoms with Crippen LogP contribution >= 0.6 is 58.0 Å². The highest BCUT2D eigenvalue weighted by Gasteiger charge is 2.31. The number of hydrogen-bond donors (Lipinski definition) is 2. The number of anilines is 1. The fraction of sp³-hybridized carbons (Fsp3) is 0.0909. The molecule has 0 aliphatic heterocycles. The highest BCUT2D eigenvalue weighted by Crippen LogP contribution is 2.42. The van der Waals surface area contributed by atoms with Crippen molar-refractivity contribution < 1.29 is 37.3 Å². The molecule has 0 atom stereocenters. The number of nitrogens with one attached hydrogen (secondary N) is 1. The predicted molar refractivity (Wildman–Crippen MR) is 130 cm³/mol. The third-order valence-electron chi connectivity index (χ3n) is 4.42. The van der Waals surface area contributed by atoms with Crippen LogP contribution in [-0.4, -0.2) is 23.3 Å². The summed E-state index contributed by atoms with van der Waals surface area (Å²) in [5.41, 5.74) is -0.651. The van der Waals surface area contributed by atoms with Crippen molar-refractivity contribution in [1.29, 1.82) is 0 Å². The number of ether oxygens (including phenoxy) is 2. The van der Waals surface area contributed by atoms with E-state index in [0.717, 1.165) is 12.1 Å². The number of carboxylic acids is 1. The fourth-order valence-electron chi connectivity index (χ4n) is 2.93. The Balaban J connectivity index is 1.77. The van der Waals surface area contributed by atoms with Crippen molar-refractivity contribution in [2.24, 2.45) is 0 Å². The molecule has 14 heteroatoms. The average molecular weight is 604 g/mol. The Bertz CT molecular complexity index is 1350. The molecule has 0 aromatic heterocycles. The van der Waals surface area contributed by atoms with Crippen LogP contribution in [0, 0.1) is 0 Å². The monoisotopic (exact) mass is 601 g/mol. The SMILES string of the molecule is O=C(O)c1c(Cl)c(Cl)c(Cl)c(Cl)c1C(=O)Nc1ccc(OCc2cccc(OC(F)(F)F)c2)c(Cl)c1. The third kappa shape index (κ3) is 6.60. The van der Waals surface area contributed by atoms with E-state index in [2.05, 4.69) is 10.1 Å². The Labute approximate surface area is 226 Å². The van der Waals surface area contributed by atoms with Gasteiger partial charge in [-0.05, 0) is 35.9 Å². The topological polar surface area (TPSA) is 84.9 Å². The Morgan fingerprint density at radius 1 is 0.889 bits per heavy atom. The van der Waals surface area contributed by atoms with Crippen molar-refractivity contribution in [3.8, 4) is 11.5 Å². The number of carbonyl (C=O) groups excluding carboxylic acids is 1. The van der Waals surface area contributed by atoms with Crippen LogP contribution in [0.1, 0.15) is 26.3 Å². The van der Waals surface area contributed by atoms with Crippen LogP contribution in [0.15, 0.2) is 42.5 Å². The van der Waals surface area contributed by atoms with Crippen LogP contribution in [0.3, 0.4) is 0 Å². The van der Waals surface area contributed by atoms with Gasteiger partial charge in [-0.25, -0.2) is 4.79 Å². The van der Waals surface area contributed by atoms with Gasteiger partial charge in [0.15, 0.2) is 0 Å². The second kappa shape index (κ2) is 11.2. The van der Waals surface area contributed by atoms with E-state index < -0.39 is 45.2 Å². The van der Waals surface area contributed by atoms with Crippen LogP contribution in [-0.2, 0) is 6.61 Å². The van der Waals surface area contributed by atoms with Crippen molar-refractivity contribution in [2.45, 2.75) is 13.0 Å². The Morgan fingerprint density at radius 3 is 2.11 bits per heavy atom. The lowest BCUT2D eigenvalue weighted by molar-refractivity contribution is -0.274. The largest absolute Gasteiger partial charge is 0.573 e. The molecule has 0 unspecified atom stereocenters. The minimum atomic E-state index is -4.83. The van der Waals surface area contributed by atoms with Gasteiger partial charge in [-0.3, -0.25) is 4.79 Å². The lowest BCUT2D eigenvalue weighted by Gasteiger charge is -2.15. The molecule has 0 saturated heterocycles. The fourth-order valence-corrected chi connectivity index (χ4v) is 4.18. The highest BCUT2D eigenvalue weighted by molar-refractivity contribution is 6.54. The molecule has 190 valence electrons. The average Bonchev–Trinajstić information content (AvgIpc) is 2.78. The molecule has 36 heavy (non-hydrogen) atoms. The van der Waals surface area contributed by atoms with E-state index in [1.54, 1.807) is 0 Å². The standard InChI is InChI=1S/C22H11Cl5F3NO5/c23-12-7-10(31-20(32)14-15(21(33)34)17(25)19(27)18(26)16(14)24)4-5-13(12)35-8-9-2-1-3-11(6-9)36-22(28,29)30/h1-7H,8H2,(H,31,32)(H,33,34). The van der Waals surface area contributed by atoms with Gasteiger partial charge in [0.2, 0.25) is 0 Å². The predicted octanol–water partition coefficient (Wildman–Crippen LogP) is 8.38. The third-order valence-corrected chi connectivity index (χ3v) is 6.52. The van der Waals surface area contributed by atoms with E-state index in [9.17, 15) is 27.9 Å². The number of alkyl halides is 3. The molecule has 2 N–H and O–H groups in total. The van der Waals surface area contributed by atoms with E-state index in [0.29, 0.717) is 5.56 Å². The van der Waals surface area contributed by atoms with Crippen LogP contribution in [0.5, 0.6) is 11.5 Å². The van der Waals surface area contributed by atoms with E-state index >= 15 is 0 Å². The molecule has 0 radical (unpaired) electrons. The van der Waals surface area contributed by atoms with Crippen LogP contribution in [0.2, 0.25) is 25.1 Å². The van der Waals surface area contributed by atoms with Crippen molar-refractivity contribution >= 4 is 75.6 Å². The first-order valence-corrected chi connectivity index (χ1v) is 11.3. The molecule has 0 heterocycles. The second-order valence-electron chi connectivity index (χ2n) is 6.89. The summed E-state index contributed by atoms with van der Waals surface area (Å²) in [4.78, 5) is 24.5. The Kier molecular flexibility index (Phi) is 8.74. The van der Waals surface area contributed by atoms with Crippen LogP contribution < -0.4 is 14.8 Å². The van der Waals surface area contributed by atoms with E-state index in [4.69, 9.17) is 62.7 Å². The molecule has 0 fully saturated rings. The first-order valence-electron chi connectivity index (χ1n) is 9.46. The van der Waals surface area contributed by atoms with E-state index in [-0.39, 0.29) is 33.1 Å². The lowest BCUT2D eigenvalue weighted by Crippen LogP contribution is -2.18. The van der Waals surface area contributed by atoms with Gasteiger partial charge in [-0.2, -0.15) is 0 Å². The van der Waals surface area contributed by atoms with Gasteiger partial charge >= 0.3 is 12.3 Å². The van der Waals surface area contributed by atoms with E-state index in [1.807, 2.05) is 0 Å². The molecule has 0 aliphatic carbocycles. The van der Waals surface area contributed by atoms with Crippen molar-refractivity contribution in [3.05, 3.63) is 84.3 Å². The van der Waals surface area contributed by atoms with Gasteiger partial charge < -0.3 is 19.9 Å². The van der Waals surface area contributed by atoms with Gasteiger partial charge in [0.25, 0.3) is 5.91 Å². The summed E-state index contributed by atoms with van der Waals surface area (Å²) >= 11 is 30.1. The number of rotatable bonds is 7. The van der Waals surface area contributed by atoms with Gasteiger partial charge in [0.1, 0.15) is 18.1 Å². The summed E-state index contributed by atoms with van der Waals surface area (Å²) in [6, 6.07) is 9.26. The van der Waals surface area contributed by atoms with Gasteiger partial charge in [0, 0.05) is 5.69 Å². The lowest BCUT2D eigenvalue weighted by atomic mass is 10.1. The zero-order chi connectivity index (χ0) is 26.8. The number of carboxylic acid groups (broad SMARTS) is 1. The summed E-state index contributed by atoms with van der Waals surface area (Å²) in [6.45, 7) is -0.139. The Morgan fingerprint density at radius 2 is 1.53 bits per heavy atom. The summed E-state index contributed by atoms with van der Waals surface area (Å²) < 4.78 is 46.6. The number of hydrogen-bond acceptors (Lipinski definition) is 4. The number of halogens is 8. The highest BCUT2D eigenvalue weighted by atomic mass is 35.5. The maximum absolute atomic E-state index is 12.8. The summed E-state index contributed by atoms with van der Waals surface area (Å²) in [5.74, 6) is -2.77. The maximum atomic E-state index is 12.8. The summed E-state index contributed by atoms with van der Waals surface area (Å²) in [5, 5.41) is 10.4. The maximum Gasteiger partial charge on any atom is 0.573 e. The molecule has 0 spiro atoms. The molecule has 0 bridgehead atoms.